The average molecular weight is 338 g/mol. The molecule has 0 unspecified atom stereocenters. The first-order valence-corrected chi connectivity index (χ1v) is 8.22. The number of amides is 2. The number of nitrogens with zero attached hydrogens (tertiary/aromatic N) is 2. The molecule has 0 aromatic heterocycles. The first-order chi connectivity index (χ1) is 10.8. The van der Waals surface area contributed by atoms with Crippen molar-refractivity contribution in [2.24, 2.45) is 5.41 Å². The molecule has 1 aromatic carbocycles. The van der Waals surface area contributed by atoms with Crippen molar-refractivity contribution < 1.29 is 9.59 Å². The molecule has 2 amide bonds. The summed E-state index contributed by atoms with van der Waals surface area (Å²) in [6.45, 7) is 8.38. The Bertz CT molecular complexity index is 575. The number of rotatable bonds is 3. The van der Waals surface area contributed by atoms with E-state index in [2.05, 4.69) is 10.2 Å². The number of hydrogen-bond acceptors (Lipinski definition) is 3. The molecule has 23 heavy (non-hydrogen) atoms. The highest BCUT2D eigenvalue weighted by molar-refractivity contribution is 6.30. The van der Waals surface area contributed by atoms with Crippen molar-refractivity contribution in [3.63, 3.8) is 0 Å². The molecule has 1 aliphatic rings. The molecule has 1 N–H and O–H groups in total. The first kappa shape index (κ1) is 17.6. The van der Waals surface area contributed by atoms with Crippen LogP contribution in [0.5, 0.6) is 0 Å². The summed E-state index contributed by atoms with van der Waals surface area (Å²) in [5.41, 5.74) is 0.594. The maximum Gasteiger partial charge on any atom is 0.242 e. The van der Waals surface area contributed by atoms with E-state index in [4.69, 9.17) is 11.6 Å². The molecule has 6 heteroatoms. The van der Waals surface area contributed by atoms with Crippen LogP contribution in [0.1, 0.15) is 20.8 Å². The number of benzene rings is 1. The number of anilines is 1. The third-order valence-electron chi connectivity index (χ3n) is 3.89. The Hall–Kier alpha value is -1.75. The predicted octanol–water partition coefficient (Wildman–Crippen LogP) is 2.15. The van der Waals surface area contributed by atoms with Crippen LogP contribution in [0.15, 0.2) is 24.3 Å². The van der Waals surface area contributed by atoms with Gasteiger partial charge in [-0.05, 0) is 18.2 Å². The van der Waals surface area contributed by atoms with Crippen LogP contribution in [0.25, 0.3) is 0 Å². The van der Waals surface area contributed by atoms with Gasteiger partial charge in [-0.25, -0.2) is 0 Å². The van der Waals surface area contributed by atoms with Gasteiger partial charge in [0, 0.05) is 42.3 Å². The van der Waals surface area contributed by atoms with Crippen molar-refractivity contribution in [1.82, 2.24) is 10.2 Å². The van der Waals surface area contributed by atoms with Gasteiger partial charge in [-0.2, -0.15) is 0 Å². The van der Waals surface area contributed by atoms with Crippen LogP contribution in [0.4, 0.5) is 5.69 Å². The molecule has 0 saturated carbocycles. The van der Waals surface area contributed by atoms with Crippen LogP contribution < -0.4 is 10.2 Å². The van der Waals surface area contributed by atoms with E-state index < -0.39 is 5.41 Å². The van der Waals surface area contributed by atoms with Crippen LogP contribution >= 0.6 is 11.6 Å². The van der Waals surface area contributed by atoms with Gasteiger partial charge in [0.1, 0.15) is 0 Å². The number of halogens is 1. The minimum Gasteiger partial charge on any atom is -0.368 e. The summed E-state index contributed by atoms with van der Waals surface area (Å²) in [6.07, 6.45) is 0. The van der Waals surface area contributed by atoms with Gasteiger partial charge in [-0.1, -0.05) is 38.4 Å². The molecular weight excluding hydrogens is 314 g/mol. The molecule has 1 heterocycles. The molecule has 0 aliphatic carbocycles. The standard InChI is InChI=1S/C17H24ClN3O2/c1-17(2,3)16(23)19-12-15(22)21-9-7-20(8-10-21)14-6-4-5-13(18)11-14/h4-6,11H,7-10,12H2,1-3H3,(H,19,23). The minimum atomic E-state index is -0.481. The van der Waals surface area contributed by atoms with E-state index in [9.17, 15) is 9.59 Å². The third kappa shape index (κ3) is 4.86. The topological polar surface area (TPSA) is 52.7 Å². The van der Waals surface area contributed by atoms with E-state index in [0.717, 1.165) is 18.8 Å². The fraction of sp³-hybridized carbons (Fsp3) is 0.529. The largest absolute Gasteiger partial charge is 0.368 e. The maximum atomic E-state index is 12.2. The molecule has 126 valence electrons. The molecule has 1 saturated heterocycles. The number of piperazine rings is 1. The summed E-state index contributed by atoms with van der Waals surface area (Å²) in [5, 5.41) is 3.42. The summed E-state index contributed by atoms with van der Waals surface area (Å²) in [7, 11) is 0. The summed E-state index contributed by atoms with van der Waals surface area (Å²) in [5.74, 6) is -0.142. The van der Waals surface area contributed by atoms with Gasteiger partial charge in [0.05, 0.1) is 6.54 Å². The summed E-state index contributed by atoms with van der Waals surface area (Å²) in [6, 6.07) is 7.73. The second-order valence-electron chi connectivity index (χ2n) is 6.78. The SMILES string of the molecule is CC(C)(C)C(=O)NCC(=O)N1CCN(c2cccc(Cl)c2)CC1. The number of hydrogen-bond donors (Lipinski definition) is 1. The predicted molar refractivity (Wildman–Crippen MR) is 92.7 cm³/mol. The van der Waals surface area contributed by atoms with Crippen molar-refractivity contribution in [3.8, 4) is 0 Å². The van der Waals surface area contributed by atoms with Crippen molar-refractivity contribution in [2.45, 2.75) is 20.8 Å². The first-order valence-electron chi connectivity index (χ1n) is 7.84. The van der Waals surface area contributed by atoms with Crippen LogP contribution in [0.2, 0.25) is 5.02 Å². The zero-order valence-corrected chi connectivity index (χ0v) is 14.7. The lowest BCUT2D eigenvalue weighted by Gasteiger charge is -2.36. The quantitative estimate of drug-likeness (QED) is 0.919. The smallest absolute Gasteiger partial charge is 0.242 e. The van der Waals surface area contributed by atoms with Crippen LogP contribution in [-0.4, -0.2) is 49.4 Å². The van der Waals surface area contributed by atoms with Gasteiger partial charge in [0.2, 0.25) is 11.8 Å². The van der Waals surface area contributed by atoms with Crippen molar-refractivity contribution >= 4 is 29.1 Å². The molecule has 0 atom stereocenters. The highest BCUT2D eigenvalue weighted by Crippen LogP contribution is 2.20. The highest BCUT2D eigenvalue weighted by atomic mass is 35.5. The summed E-state index contributed by atoms with van der Waals surface area (Å²) >= 11 is 6.02. The Kier molecular flexibility index (Phi) is 5.52. The Morgan fingerprint density at radius 1 is 1.17 bits per heavy atom. The number of nitrogens with one attached hydrogen (secondary N) is 1. The molecular formula is C17H24ClN3O2. The lowest BCUT2D eigenvalue weighted by molar-refractivity contribution is -0.135. The lowest BCUT2D eigenvalue weighted by atomic mass is 9.96. The number of carbonyl (C=O) groups is 2. The van der Waals surface area contributed by atoms with E-state index in [1.54, 1.807) is 4.90 Å². The molecule has 0 radical (unpaired) electrons. The molecule has 1 aliphatic heterocycles. The minimum absolute atomic E-state index is 0.0339. The average Bonchev–Trinajstić information content (AvgIpc) is 2.51. The molecule has 1 aromatic rings. The van der Waals surface area contributed by atoms with Crippen molar-refractivity contribution in [2.75, 3.05) is 37.6 Å². The van der Waals surface area contributed by atoms with Gasteiger partial charge >= 0.3 is 0 Å². The zero-order chi connectivity index (χ0) is 17.0. The van der Waals surface area contributed by atoms with E-state index in [0.29, 0.717) is 18.1 Å². The zero-order valence-electron chi connectivity index (χ0n) is 13.9. The molecule has 5 nitrogen and oxygen atoms in total. The van der Waals surface area contributed by atoms with Crippen LogP contribution in [0, 0.1) is 5.41 Å². The van der Waals surface area contributed by atoms with Crippen LogP contribution in [-0.2, 0) is 9.59 Å². The number of carbonyl (C=O) groups excluding carboxylic acids is 2. The molecule has 2 rings (SSSR count). The Morgan fingerprint density at radius 2 is 1.83 bits per heavy atom. The lowest BCUT2D eigenvalue weighted by Crippen LogP contribution is -2.52. The van der Waals surface area contributed by atoms with Gasteiger partial charge in [-0.15, -0.1) is 0 Å². The van der Waals surface area contributed by atoms with Gasteiger partial charge in [0.15, 0.2) is 0 Å². The monoisotopic (exact) mass is 337 g/mol. The second kappa shape index (κ2) is 7.21. The van der Waals surface area contributed by atoms with E-state index >= 15 is 0 Å². The Labute approximate surface area is 142 Å². The van der Waals surface area contributed by atoms with Gasteiger partial charge < -0.3 is 15.1 Å². The molecule has 1 fully saturated rings. The second-order valence-corrected chi connectivity index (χ2v) is 7.22. The summed E-state index contributed by atoms with van der Waals surface area (Å²) in [4.78, 5) is 28.0. The fourth-order valence-corrected chi connectivity index (χ4v) is 2.60. The highest BCUT2D eigenvalue weighted by Gasteiger charge is 2.24. The van der Waals surface area contributed by atoms with Crippen molar-refractivity contribution in [3.05, 3.63) is 29.3 Å². The van der Waals surface area contributed by atoms with E-state index in [1.807, 2.05) is 45.0 Å². The van der Waals surface area contributed by atoms with E-state index in [1.165, 1.54) is 0 Å². The Morgan fingerprint density at radius 3 is 2.39 bits per heavy atom. The molecule has 0 bridgehead atoms. The summed E-state index contributed by atoms with van der Waals surface area (Å²) < 4.78 is 0. The van der Waals surface area contributed by atoms with Gasteiger partial charge in [0.25, 0.3) is 0 Å². The normalized spacial score (nSPS) is 15.5. The Balaban J connectivity index is 1.82. The van der Waals surface area contributed by atoms with Crippen molar-refractivity contribution in [1.29, 1.82) is 0 Å². The molecule has 0 spiro atoms. The van der Waals surface area contributed by atoms with Crippen LogP contribution in [0.3, 0.4) is 0 Å². The fourth-order valence-electron chi connectivity index (χ4n) is 2.42. The van der Waals surface area contributed by atoms with Gasteiger partial charge in [-0.3, -0.25) is 9.59 Å². The van der Waals surface area contributed by atoms with E-state index in [-0.39, 0.29) is 18.4 Å². The third-order valence-corrected chi connectivity index (χ3v) is 4.12. The maximum absolute atomic E-state index is 12.2.